The smallest absolute Gasteiger partial charge is 0.108 e. The van der Waals surface area contributed by atoms with Crippen LogP contribution in [0.5, 0.6) is 0 Å². The van der Waals surface area contributed by atoms with Crippen molar-refractivity contribution in [2.45, 2.75) is 58.2 Å². The van der Waals surface area contributed by atoms with Gasteiger partial charge < -0.3 is 9.84 Å². The van der Waals surface area contributed by atoms with Crippen molar-refractivity contribution < 1.29 is 9.84 Å². The number of ether oxygens (including phenoxy) is 1. The standard InChI is InChI=1S/C17H26O2/c1-12-7-6-10-17(11-12,19-4)16(18)15-9-5-8-13(2)14(15)3/h5,8-9,12,16,18H,6-7,10-11H2,1-4H3. The fourth-order valence-electron chi connectivity index (χ4n) is 3.44. The van der Waals surface area contributed by atoms with Crippen molar-refractivity contribution in [2.24, 2.45) is 5.92 Å². The molecule has 1 N–H and O–H groups in total. The van der Waals surface area contributed by atoms with Crippen molar-refractivity contribution in [1.82, 2.24) is 0 Å². The van der Waals surface area contributed by atoms with Gasteiger partial charge in [0.1, 0.15) is 6.10 Å². The zero-order valence-corrected chi connectivity index (χ0v) is 12.6. The van der Waals surface area contributed by atoms with E-state index in [1.807, 2.05) is 12.1 Å². The second kappa shape index (κ2) is 5.64. The lowest BCUT2D eigenvalue weighted by atomic mass is 9.73. The maximum atomic E-state index is 10.9. The van der Waals surface area contributed by atoms with E-state index in [9.17, 15) is 5.11 Å². The quantitative estimate of drug-likeness (QED) is 0.894. The van der Waals surface area contributed by atoms with E-state index in [-0.39, 0.29) is 0 Å². The van der Waals surface area contributed by atoms with Crippen molar-refractivity contribution in [1.29, 1.82) is 0 Å². The minimum absolute atomic E-state index is 0.407. The van der Waals surface area contributed by atoms with Gasteiger partial charge in [0, 0.05) is 7.11 Å². The number of hydrogen-bond donors (Lipinski definition) is 1. The summed E-state index contributed by atoms with van der Waals surface area (Å²) >= 11 is 0. The van der Waals surface area contributed by atoms with Gasteiger partial charge in [-0.2, -0.15) is 0 Å². The molecule has 3 unspecified atom stereocenters. The molecule has 1 aromatic rings. The van der Waals surface area contributed by atoms with Crippen molar-refractivity contribution in [3.8, 4) is 0 Å². The molecule has 1 aromatic carbocycles. The summed E-state index contributed by atoms with van der Waals surface area (Å²) in [7, 11) is 1.74. The maximum Gasteiger partial charge on any atom is 0.108 e. The molecule has 0 aromatic heterocycles. The fourth-order valence-corrected chi connectivity index (χ4v) is 3.44. The molecule has 1 aliphatic rings. The van der Waals surface area contributed by atoms with Gasteiger partial charge in [0.2, 0.25) is 0 Å². The van der Waals surface area contributed by atoms with Crippen LogP contribution in [0.1, 0.15) is 55.4 Å². The van der Waals surface area contributed by atoms with Gasteiger partial charge in [-0.25, -0.2) is 0 Å². The Labute approximate surface area is 116 Å². The third-order valence-corrected chi connectivity index (χ3v) is 4.84. The number of hydrogen-bond acceptors (Lipinski definition) is 2. The molecule has 0 aliphatic heterocycles. The van der Waals surface area contributed by atoms with Gasteiger partial charge in [-0.3, -0.25) is 0 Å². The zero-order valence-electron chi connectivity index (χ0n) is 12.6. The van der Waals surface area contributed by atoms with Gasteiger partial charge in [-0.1, -0.05) is 38.0 Å². The van der Waals surface area contributed by atoms with Crippen molar-refractivity contribution in [3.05, 3.63) is 34.9 Å². The Kier molecular flexibility index (Phi) is 4.32. The first-order valence-electron chi connectivity index (χ1n) is 7.29. The first kappa shape index (κ1) is 14.5. The normalized spacial score (nSPS) is 29.2. The highest BCUT2D eigenvalue weighted by Crippen LogP contribution is 2.44. The van der Waals surface area contributed by atoms with Crippen LogP contribution in [0.3, 0.4) is 0 Å². The molecule has 1 fully saturated rings. The van der Waals surface area contributed by atoms with E-state index in [2.05, 4.69) is 26.8 Å². The number of benzene rings is 1. The van der Waals surface area contributed by atoms with Crippen LogP contribution >= 0.6 is 0 Å². The van der Waals surface area contributed by atoms with Crippen LogP contribution in [0.4, 0.5) is 0 Å². The van der Waals surface area contributed by atoms with Gasteiger partial charge in [0.05, 0.1) is 5.60 Å². The molecule has 0 bridgehead atoms. The maximum absolute atomic E-state index is 10.9. The number of methoxy groups -OCH3 is 1. The van der Waals surface area contributed by atoms with Crippen LogP contribution in [-0.4, -0.2) is 17.8 Å². The Morgan fingerprint density at radius 1 is 1.37 bits per heavy atom. The first-order valence-corrected chi connectivity index (χ1v) is 7.29. The van der Waals surface area contributed by atoms with Crippen molar-refractivity contribution in [2.75, 3.05) is 7.11 Å². The highest BCUT2D eigenvalue weighted by atomic mass is 16.5. The van der Waals surface area contributed by atoms with Crippen LogP contribution in [0, 0.1) is 19.8 Å². The summed E-state index contributed by atoms with van der Waals surface area (Å²) in [6, 6.07) is 6.15. The average Bonchev–Trinajstić information content (AvgIpc) is 2.41. The van der Waals surface area contributed by atoms with Crippen molar-refractivity contribution >= 4 is 0 Å². The predicted octanol–water partition coefficient (Wildman–Crippen LogP) is 3.93. The first-order chi connectivity index (χ1) is 9.00. The molecule has 0 heterocycles. The van der Waals surface area contributed by atoms with Gasteiger partial charge in [0.15, 0.2) is 0 Å². The molecule has 3 atom stereocenters. The highest BCUT2D eigenvalue weighted by molar-refractivity contribution is 5.36. The lowest BCUT2D eigenvalue weighted by Crippen LogP contribution is -2.43. The summed E-state index contributed by atoms with van der Waals surface area (Å²) in [6.07, 6.45) is 3.74. The number of rotatable bonds is 3. The second-order valence-electron chi connectivity index (χ2n) is 6.16. The van der Waals surface area contributed by atoms with Gasteiger partial charge in [0.25, 0.3) is 0 Å². The van der Waals surface area contributed by atoms with Crippen LogP contribution < -0.4 is 0 Å². The second-order valence-corrected chi connectivity index (χ2v) is 6.16. The number of aliphatic hydroxyl groups is 1. The molecule has 1 aliphatic carbocycles. The van der Waals surface area contributed by atoms with Crippen LogP contribution in [-0.2, 0) is 4.74 Å². The van der Waals surface area contributed by atoms with E-state index in [4.69, 9.17) is 4.74 Å². The Hall–Kier alpha value is -0.860. The van der Waals surface area contributed by atoms with E-state index in [1.165, 1.54) is 17.5 Å². The average molecular weight is 262 g/mol. The fraction of sp³-hybridized carbons (Fsp3) is 0.647. The molecule has 0 saturated heterocycles. The summed E-state index contributed by atoms with van der Waals surface area (Å²) in [5.41, 5.74) is 3.03. The summed E-state index contributed by atoms with van der Waals surface area (Å²) in [6.45, 7) is 6.43. The molecule has 2 nitrogen and oxygen atoms in total. The Morgan fingerprint density at radius 3 is 2.74 bits per heavy atom. The summed E-state index contributed by atoms with van der Waals surface area (Å²) in [4.78, 5) is 0. The molecule has 106 valence electrons. The van der Waals surface area contributed by atoms with Crippen LogP contribution in [0.2, 0.25) is 0 Å². The van der Waals surface area contributed by atoms with Crippen LogP contribution in [0.25, 0.3) is 0 Å². The summed E-state index contributed by atoms with van der Waals surface area (Å²) in [5.74, 6) is 0.619. The lowest BCUT2D eigenvalue weighted by molar-refractivity contribution is -0.134. The number of aliphatic hydroxyl groups excluding tert-OH is 1. The SMILES string of the molecule is COC1(C(O)c2cccc(C)c2C)CCCC(C)C1. The monoisotopic (exact) mass is 262 g/mol. The third kappa shape index (κ3) is 2.70. The number of aryl methyl sites for hydroxylation is 1. The minimum atomic E-state index is -0.528. The third-order valence-electron chi connectivity index (χ3n) is 4.84. The molecule has 2 rings (SSSR count). The van der Waals surface area contributed by atoms with Crippen molar-refractivity contribution in [3.63, 3.8) is 0 Å². The van der Waals surface area contributed by atoms with E-state index >= 15 is 0 Å². The van der Waals surface area contributed by atoms with E-state index < -0.39 is 11.7 Å². The topological polar surface area (TPSA) is 29.5 Å². The minimum Gasteiger partial charge on any atom is -0.385 e. The Balaban J connectivity index is 2.35. The lowest BCUT2D eigenvalue weighted by Gasteiger charge is -2.43. The Morgan fingerprint density at radius 2 is 2.11 bits per heavy atom. The molecule has 0 spiro atoms. The highest BCUT2D eigenvalue weighted by Gasteiger charge is 2.42. The molecule has 2 heteroatoms. The van der Waals surface area contributed by atoms with Crippen LogP contribution in [0.15, 0.2) is 18.2 Å². The molecular formula is C17H26O2. The summed E-state index contributed by atoms with van der Waals surface area (Å²) < 4.78 is 5.81. The largest absolute Gasteiger partial charge is 0.385 e. The Bertz CT molecular complexity index is 441. The van der Waals surface area contributed by atoms with Gasteiger partial charge in [-0.15, -0.1) is 0 Å². The molecular weight excluding hydrogens is 236 g/mol. The predicted molar refractivity (Wildman–Crippen MR) is 78.2 cm³/mol. The molecule has 0 radical (unpaired) electrons. The van der Waals surface area contributed by atoms with E-state index in [1.54, 1.807) is 7.11 Å². The summed E-state index contributed by atoms with van der Waals surface area (Å²) in [5, 5.41) is 10.9. The van der Waals surface area contributed by atoms with E-state index in [0.29, 0.717) is 5.92 Å². The van der Waals surface area contributed by atoms with E-state index in [0.717, 1.165) is 24.8 Å². The molecule has 0 amide bonds. The van der Waals surface area contributed by atoms with Gasteiger partial charge >= 0.3 is 0 Å². The molecule has 19 heavy (non-hydrogen) atoms. The zero-order chi connectivity index (χ0) is 14.0. The molecule has 1 saturated carbocycles. The van der Waals surface area contributed by atoms with Gasteiger partial charge in [-0.05, 0) is 49.3 Å².